The molecule has 2 aromatic heterocycles. The van der Waals surface area contributed by atoms with Crippen molar-refractivity contribution in [3.8, 4) is 5.75 Å². The Morgan fingerprint density at radius 1 is 1.48 bits per heavy atom. The standard InChI is InChI=1S/C16H21N5O2/c1-12(22)18-16-5-8-21(19-16)14-4-7-20(11-14)10-13-9-15(23-2)3-6-17-13/h3,5-6,8-9,14H,4,7,10-11H2,1-2H3,(H,18,19,22)/t14-/m1/s1. The summed E-state index contributed by atoms with van der Waals surface area (Å²) in [4.78, 5) is 17.8. The number of likely N-dealkylation sites (tertiary alicyclic amines) is 1. The molecule has 1 aliphatic heterocycles. The molecular weight excluding hydrogens is 294 g/mol. The van der Waals surface area contributed by atoms with Crippen LogP contribution in [0.5, 0.6) is 5.75 Å². The number of nitrogens with one attached hydrogen (secondary N) is 1. The highest BCUT2D eigenvalue weighted by molar-refractivity contribution is 5.87. The molecule has 0 bridgehead atoms. The molecule has 0 aromatic carbocycles. The largest absolute Gasteiger partial charge is 0.497 e. The second kappa shape index (κ2) is 6.78. The van der Waals surface area contributed by atoms with E-state index in [2.05, 4.69) is 20.3 Å². The number of pyridine rings is 1. The summed E-state index contributed by atoms with van der Waals surface area (Å²) in [5.74, 6) is 1.33. The van der Waals surface area contributed by atoms with Gasteiger partial charge in [-0.1, -0.05) is 0 Å². The lowest BCUT2D eigenvalue weighted by molar-refractivity contribution is -0.114. The highest BCUT2D eigenvalue weighted by atomic mass is 16.5. The second-order valence-electron chi connectivity index (χ2n) is 5.73. The van der Waals surface area contributed by atoms with Gasteiger partial charge in [-0.2, -0.15) is 5.10 Å². The van der Waals surface area contributed by atoms with Crippen LogP contribution in [-0.2, 0) is 11.3 Å². The van der Waals surface area contributed by atoms with Gasteiger partial charge in [-0.3, -0.25) is 19.4 Å². The van der Waals surface area contributed by atoms with Gasteiger partial charge in [0, 0.05) is 51.1 Å². The summed E-state index contributed by atoms with van der Waals surface area (Å²) in [5.41, 5.74) is 1.00. The molecule has 1 saturated heterocycles. The van der Waals surface area contributed by atoms with Gasteiger partial charge in [0.25, 0.3) is 0 Å². The molecule has 3 heterocycles. The Bertz CT molecular complexity index is 685. The number of hydrogen-bond donors (Lipinski definition) is 1. The Morgan fingerprint density at radius 3 is 3.13 bits per heavy atom. The monoisotopic (exact) mass is 315 g/mol. The number of methoxy groups -OCH3 is 1. The third-order valence-corrected chi connectivity index (χ3v) is 3.94. The molecule has 0 spiro atoms. The first-order valence-electron chi connectivity index (χ1n) is 7.68. The zero-order chi connectivity index (χ0) is 16.2. The molecular formula is C16H21N5O2. The molecule has 0 saturated carbocycles. The van der Waals surface area contributed by atoms with Crippen molar-refractivity contribution in [1.29, 1.82) is 0 Å². The number of carbonyl (C=O) groups excluding carboxylic acids is 1. The average molecular weight is 315 g/mol. The zero-order valence-electron chi connectivity index (χ0n) is 13.4. The summed E-state index contributed by atoms with van der Waals surface area (Å²) in [6.07, 6.45) is 4.73. The molecule has 1 aliphatic rings. The molecule has 1 fully saturated rings. The van der Waals surface area contributed by atoms with Gasteiger partial charge in [0.2, 0.25) is 5.91 Å². The first-order valence-corrected chi connectivity index (χ1v) is 7.68. The van der Waals surface area contributed by atoms with E-state index in [4.69, 9.17) is 4.74 Å². The van der Waals surface area contributed by atoms with Crippen molar-refractivity contribution in [1.82, 2.24) is 19.7 Å². The van der Waals surface area contributed by atoms with Crippen LogP contribution in [0.4, 0.5) is 5.82 Å². The predicted molar refractivity (Wildman–Crippen MR) is 86.3 cm³/mol. The van der Waals surface area contributed by atoms with Crippen LogP contribution in [0, 0.1) is 0 Å². The van der Waals surface area contributed by atoms with E-state index in [1.807, 2.05) is 29.1 Å². The van der Waals surface area contributed by atoms with Gasteiger partial charge in [0.1, 0.15) is 5.75 Å². The highest BCUT2D eigenvalue weighted by Crippen LogP contribution is 2.23. The minimum absolute atomic E-state index is 0.104. The Hall–Kier alpha value is -2.41. The molecule has 0 aliphatic carbocycles. The minimum atomic E-state index is -0.104. The van der Waals surface area contributed by atoms with Crippen molar-refractivity contribution in [2.75, 3.05) is 25.5 Å². The summed E-state index contributed by atoms with van der Waals surface area (Å²) in [6.45, 7) is 4.20. The van der Waals surface area contributed by atoms with Gasteiger partial charge in [-0.25, -0.2) is 0 Å². The van der Waals surface area contributed by atoms with Crippen LogP contribution in [0.1, 0.15) is 25.1 Å². The number of aromatic nitrogens is 3. The lowest BCUT2D eigenvalue weighted by Gasteiger charge is -2.16. The maximum absolute atomic E-state index is 11.1. The zero-order valence-corrected chi connectivity index (χ0v) is 13.4. The van der Waals surface area contributed by atoms with E-state index in [-0.39, 0.29) is 5.91 Å². The van der Waals surface area contributed by atoms with Crippen molar-refractivity contribution in [2.45, 2.75) is 25.9 Å². The van der Waals surface area contributed by atoms with Crippen LogP contribution in [-0.4, -0.2) is 45.8 Å². The first-order chi connectivity index (χ1) is 11.1. The molecule has 1 N–H and O–H groups in total. The van der Waals surface area contributed by atoms with E-state index < -0.39 is 0 Å². The quantitative estimate of drug-likeness (QED) is 0.909. The molecule has 0 unspecified atom stereocenters. The van der Waals surface area contributed by atoms with Gasteiger partial charge in [-0.15, -0.1) is 0 Å². The maximum Gasteiger partial charge on any atom is 0.222 e. The second-order valence-corrected chi connectivity index (χ2v) is 5.73. The van der Waals surface area contributed by atoms with E-state index >= 15 is 0 Å². The van der Waals surface area contributed by atoms with Crippen LogP contribution in [0.15, 0.2) is 30.6 Å². The molecule has 3 rings (SSSR count). The fourth-order valence-corrected chi connectivity index (χ4v) is 2.86. The number of amides is 1. The Balaban J connectivity index is 1.59. The molecule has 23 heavy (non-hydrogen) atoms. The topological polar surface area (TPSA) is 72.3 Å². The fourth-order valence-electron chi connectivity index (χ4n) is 2.86. The molecule has 122 valence electrons. The van der Waals surface area contributed by atoms with E-state index in [9.17, 15) is 4.79 Å². The van der Waals surface area contributed by atoms with Crippen LogP contribution in [0.3, 0.4) is 0 Å². The van der Waals surface area contributed by atoms with Crippen LogP contribution in [0.25, 0.3) is 0 Å². The summed E-state index contributed by atoms with van der Waals surface area (Å²) < 4.78 is 7.17. The fraction of sp³-hybridized carbons (Fsp3) is 0.438. The number of nitrogens with zero attached hydrogens (tertiary/aromatic N) is 4. The van der Waals surface area contributed by atoms with Crippen molar-refractivity contribution in [2.24, 2.45) is 0 Å². The van der Waals surface area contributed by atoms with Crippen molar-refractivity contribution < 1.29 is 9.53 Å². The first kappa shape index (κ1) is 15.5. The number of anilines is 1. The molecule has 0 radical (unpaired) electrons. The maximum atomic E-state index is 11.1. The van der Waals surface area contributed by atoms with E-state index in [0.29, 0.717) is 11.9 Å². The Kier molecular flexibility index (Phi) is 4.57. The average Bonchev–Trinajstić information content (AvgIpc) is 3.16. The van der Waals surface area contributed by atoms with Gasteiger partial charge in [0.05, 0.1) is 18.8 Å². The Labute approximate surface area is 135 Å². The van der Waals surface area contributed by atoms with Crippen molar-refractivity contribution >= 4 is 11.7 Å². The minimum Gasteiger partial charge on any atom is -0.497 e. The molecule has 7 heteroatoms. The van der Waals surface area contributed by atoms with Crippen molar-refractivity contribution in [3.63, 3.8) is 0 Å². The Morgan fingerprint density at radius 2 is 2.35 bits per heavy atom. The number of carbonyl (C=O) groups is 1. The van der Waals surface area contributed by atoms with Crippen LogP contribution < -0.4 is 10.1 Å². The van der Waals surface area contributed by atoms with Gasteiger partial charge in [0.15, 0.2) is 5.82 Å². The van der Waals surface area contributed by atoms with E-state index in [1.54, 1.807) is 13.3 Å². The SMILES string of the molecule is COc1ccnc(CN2CC[C@@H](n3ccc(NC(C)=O)n3)C2)c1. The van der Waals surface area contributed by atoms with Crippen LogP contribution >= 0.6 is 0 Å². The molecule has 1 amide bonds. The smallest absolute Gasteiger partial charge is 0.222 e. The molecule has 2 aromatic rings. The number of ether oxygens (including phenoxy) is 1. The van der Waals surface area contributed by atoms with E-state index in [1.165, 1.54) is 6.92 Å². The van der Waals surface area contributed by atoms with Gasteiger partial charge >= 0.3 is 0 Å². The predicted octanol–water partition coefficient (Wildman–Crippen LogP) is 1.69. The summed E-state index contributed by atoms with van der Waals surface area (Å²) in [7, 11) is 1.66. The molecule has 7 nitrogen and oxygen atoms in total. The highest BCUT2D eigenvalue weighted by Gasteiger charge is 2.25. The summed E-state index contributed by atoms with van der Waals surface area (Å²) >= 11 is 0. The lowest BCUT2D eigenvalue weighted by atomic mass is 10.3. The van der Waals surface area contributed by atoms with Crippen LogP contribution in [0.2, 0.25) is 0 Å². The third-order valence-electron chi connectivity index (χ3n) is 3.94. The third kappa shape index (κ3) is 3.87. The number of rotatable bonds is 5. The van der Waals surface area contributed by atoms with Gasteiger partial charge < -0.3 is 10.1 Å². The summed E-state index contributed by atoms with van der Waals surface area (Å²) in [6, 6.07) is 5.97. The van der Waals surface area contributed by atoms with Gasteiger partial charge in [-0.05, 0) is 12.5 Å². The molecule has 1 atom stereocenters. The normalized spacial score (nSPS) is 18.1. The lowest BCUT2D eigenvalue weighted by Crippen LogP contribution is -2.22. The summed E-state index contributed by atoms with van der Waals surface area (Å²) in [5, 5.41) is 7.13. The van der Waals surface area contributed by atoms with Crippen molar-refractivity contribution in [3.05, 3.63) is 36.3 Å². The number of hydrogen-bond acceptors (Lipinski definition) is 5. The van der Waals surface area contributed by atoms with E-state index in [0.717, 1.165) is 37.5 Å².